The Hall–Kier alpha value is -1.39. The van der Waals surface area contributed by atoms with Crippen LogP contribution < -0.4 is 10.6 Å². The first-order chi connectivity index (χ1) is 9.65. The Bertz CT molecular complexity index is 447. The molecule has 20 heavy (non-hydrogen) atoms. The molecule has 4 nitrogen and oxygen atoms in total. The van der Waals surface area contributed by atoms with E-state index >= 15 is 0 Å². The summed E-state index contributed by atoms with van der Waals surface area (Å²) in [5.74, 6) is 0.110. The number of nitrogens with one attached hydrogen (secondary N) is 2. The van der Waals surface area contributed by atoms with Crippen molar-refractivity contribution in [3.05, 3.63) is 29.8 Å². The summed E-state index contributed by atoms with van der Waals surface area (Å²) in [7, 11) is 0. The van der Waals surface area contributed by atoms with Crippen LogP contribution in [0.4, 0.5) is 5.69 Å². The highest BCUT2D eigenvalue weighted by Crippen LogP contribution is 2.10. The maximum absolute atomic E-state index is 11.9. The van der Waals surface area contributed by atoms with E-state index in [-0.39, 0.29) is 5.91 Å². The lowest BCUT2D eigenvalue weighted by atomic mass is 10.2. The molecule has 1 atom stereocenters. The molecular formula is C16H25N3O. The van der Waals surface area contributed by atoms with Crippen LogP contribution in [0.1, 0.15) is 25.3 Å². The average molecular weight is 275 g/mol. The molecule has 0 spiro atoms. The largest absolute Gasteiger partial charge is 0.326 e. The van der Waals surface area contributed by atoms with Crippen molar-refractivity contribution >= 4 is 11.6 Å². The van der Waals surface area contributed by atoms with Crippen molar-refractivity contribution in [1.29, 1.82) is 0 Å². The second-order valence-electron chi connectivity index (χ2n) is 5.61. The van der Waals surface area contributed by atoms with Crippen molar-refractivity contribution in [2.45, 2.75) is 32.7 Å². The summed E-state index contributed by atoms with van der Waals surface area (Å²) in [6.07, 6.45) is 1.51. The van der Waals surface area contributed by atoms with E-state index in [0.29, 0.717) is 12.5 Å². The van der Waals surface area contributed by atoms with Crippen molar-refractivity contribution in [1.82, 2.24) is 10.2 Å². The Labute approximate surface area is 121 Å². The fourth-order valence-corrected chi connectivity index (χ4v) is 2.60. The molecule has 110 valence electrons. The van der Waals surface area contributed by atoms with Gasteiger partial charge in [0.2, 0.25) is 5.91 Å². The third-order valence-electron chi connectivity index (χ3n) is 3.79. The van der Waals surface area contributed by atoms with Gasteiger partial charge in [0.05, 0.1) is 0 Å². The van der Waals surface area contributed by atoms with Gasteiger partial charge in [0.1, 0.15) is 0 Å². The highest BCUT2D eigenvalue weighted by molar-refractivity contribution is 5.90. The lowest BCUT2D eigenvalue weighted by molar-refractivity contribution is -0.116. The SMILES string of the molecule is Cc1cccc(NC(=O)CCCN2CCNC[C@H]2C)c1. The number of piperazine rings is 1. The maximum Gasteiger partial charge on any atom is 0.224 e. The van der Waals surface area contributed by atoms with Gasteiger partial charge in [-0.2, -0.15) is 0 Å². The van der Waals surface area contributed by atoms with Crippen LogP contribution in [-0.2, 0) is 4.79 Å². The normalized spacial score (nSPS) is 19.8. The fourth-order valence-electron chi connectivity index (χ4n) is 2.60. The standard InChI is InChI=1S/C16H25N3O/c1-13-5-3-6-15(11-13)18-16(20)7-4-9-19-10-8-17-12-14(19)2/h3,5-6,11,14,17H,4,7-10,12H2,1-2H3,(H,18,20)/t14-/m1/s1. The number of hydrogen-bond acceptors (Lipinski definition) is 3. The van der Waals surface area contributed by atoms with Crippen molar-refractivity contribution < 1.29 is 4.79 Å². The van der Waals surface area contributed by atoms with Gasteiger partial charge in [-0.25, -0.2) is 0 Å². The third-order valence-corrected chi connectivity index (χ3v) is 3.79. The predicted molar refractivity (Wildman–Crippen MR) is 82.9 cm³/mol. The minimum absolute atomic E-state index is 0.110. The molecular weight excluding hydrogens is 250 g/mol. The summed E-state index contributed by atoms with van der Waals surface area (Å²) >= 11 is 0. The van der Waals surface area contributed by atoms with Crippen LogP contribution in [-0.4, -0.2) is 43.0 Å². The summed E-state index contributed by atoms with van der Waals surface area (Å²) in [5, 5.41) is 6.34. The van der Waals surface area contributed by atoms with Gasteiger partial charge in [-0.1, -0.05) is 12.1 Å². The molecule has 1 aliphatic rings. The number of nitrogens with zero attached hydrogens (tertiary/aromatic N) is 1. The Morgan fingerprint density at radius 1 is 1.50 bits per heavy atom. The van der Waals surface area contributed by atoms with Gasteiger partial charge in [-0.3, -0.25) is 9.69 Å². The van der Waals surface area contributed by atoms with E-state index in [4.69, 9.17) is 0 Å². The number of carbonyl (C=O) groups excluding carboxylic acids is 1. The average Bonchev–Trinajstić information content (AvgIpc) is 2.41. The van der Waals surface area contributed by atoms with E-state index in [9.17, 15) is 4.79 Å². The van der Waals surface area contributed by atoms with Crippen molar-refractivity contribution in [2.24, 2.45) is 0 Å². The van der Waals surface area contributed by atoms with Crippen molar-refractivity contribution in [3.63, 3.8) is 0 Å². The molecule has 1 aromatic rings. The van der Waals surface area contributed by atoms with Crippen LogP contribution in [0.3, 0.4) is 0 Å². The molecule has 0 bridgehead atoms. The van der Waals surface area contributed by atoms with Crippen LogP contribution in [0.5, 0.6) is 0 Å². The zero-order valence-corrected chi connectivity index (χ0v) is 12.5. The fraction of sp³-hybridized carbons (Fsp3) is 0.562. The first-order valence-corrected chi connectivity index (χ1v) is 7.46. The lowest BCUT2D eigenvalue weighted by Gasteiger charge is -2.33. The third kappa shape index (κ3) is 4.62. The molecule has 0 aliphatic carbocycles. The number of carbonyl (C=O) groups is 1. The van der Waals surface area contributed by atoms with Gasteiger partial charge in [0, 0.05) is 37.8 Å². The van der Waals surface area contributed by atoms with E-state index < -0.39 is 0 Å². The van der Waals surface area contributed by atoms with E-state index in [0.717, 1.165) is 43.9 Å². The van der Waals surface area contributed by atoms with Crippen LogP contribution >= 0.6 is 0 Å². The molecule has 1 saturated heterocycles. The molecule has 2 rings (SSSR count). The minimum Gasteiger partial charge on any atom is -0.326 e. The van der Waals surface area contributed by atoms with E-state index in [1.54, 1.807) is 0 Å². The summed E-state index contributed by atoms with van der Waals surface area (Å²) in [4.78, 5) is 14.4. The Morgan fingerprint density at radius 2 is 2.35 bits per heavy atom. The van der Waals surface area contributed by atoms with Gasteiger partial charge in [0.25, 0.3) is 0 Å². The Balaban J connectivity index is 1.70. The maximum atomic E-state index is 11.9. The van der Waals surface area contributed by atoms with Crippen LogP contribution in [0.2, 0.25) is 0 Å². The second-order valence-corrected chi connectivity index (χ2v) is 5.61. The molecule has 0 saturated carbocycles. The molecule has 2 N–H and O–H groups in total. The van der Waals surface area contributed by atoms with Gasteiger partial charge >= 0.3 is 0 Å². The topological polar surface area (TPSA) is 44.4 Å². The molecule has 1 aromatic carbocycles. The first kappa shape index (κ1) is 15.0. The minimum atomic E-state index is 0.110. The number of aryl methyl sites for hydroxylation is 1. The van der Waals surface area contributed by atoms with E-state index in [2.05, 4.69) is 22.5 Å². The van der Waals surface area contributed by atoms with Gasteiger partial charge in [-0.15, -0.1) is 0 Å². The number of benzene rings is 1. The van der Waals surface area contributed by atoms with Gasteiger partial charge in [0.15, 0.2) is 0 Å². The van der Waals surface area contributed by atoms with Crippen LogP contribution in [0.15, 0.2) is 24.3 Å². The molecule has 1 fully saturated rings. The molecule has 1 heterocycles. The molecule has 4 heteroatoms. The number of anilines is 1. The zero-order valence-electron chi connectivity index (χ0n) is 12.5. The molecule has 0 radical (unpaired) electrons. The van der Waals surface area contributed by atoms with Crippen LogP contribution in [0, 0.1) is 6.92 Å². The lowest BCUT2D eigenvalue weighted by Crippen LogP contribution is -2.49. The van der Waals surface area contributed by atoms with Crippen molar-refractivity contribution in [3.8, 4) is 0 Å². The first-order valence-electron chi connectivity index (χ1n) is 7.46. The summed E-state index contributed by atoms with van der Waals surface area (Å²) in [6.45, 7) is 8.46. The second kappa shape index (κ2) is 7.41. The molecule has 0 aromatic heterocycles. The number of hydrogen-bond donors (Lipinski definition) is 2. The van der Waals surface area contributed by atoms with E-state index in [1.807, 2.05) is 31.2 Å². The monoisotopic (exact) mass is 275 g/mol. The molecule has 1 aliphatic heterocycles. The van der Waals surface area contributed by atoms with Gasteiger partial charge in [-0.05, 0) is 44.5 Å². The Morgan fingerprint density at radius 3 is 3.10 bits per heavy atom. The zero-order chi connectivity index (χ0) is 14.4. The summed E-state index contributed by atoms with van der Waals surface area (Å²) < 4.78 is 0. The summed E-state index contributed by atoms with van der Waals surface area (Å²) in [5.41, 5.74) is 2.06. The van der Waals surface area contributed by atoms with Gasteiger partial charge < -0.3 is 10.6 Å². The molecule has 0 unspecified atom stereocenters. The Kier molecular flexibility index (Phi) is 5.56. The quantitative estimate of drug-likeness (QED) is 0.864. The van der Waals surface area contributed by atoms with Crippen molar-refractivity contribution in [2.75, 3.05) is 31.5 Å². The number of amides is 1. The smallest absolute Gasteiger partial charge is 0.224 e. The highest BCUT2D eigenvalue weighted by atomic mass is 16.1. The highest BCUT2D eigenvalue weighted by Gasteiger charge is 2.17. The number of rotatable bonds is 5. The predicted octanol–water partition coefficient (Wildman–Crippen LogP) is 2.01. The van der Waals surface area contributed by atoms with E-state index in [1.165, 1.54) is 0 Å². The van der Waals surface area contributed by atoms with Crippen LogP contribution in [0.25, 0.3) is 0 Å². The molecule has 1 amide bonds. The summed E-state index contributed by atoms with van der Waals surface area (Å²) in [6, 6.07) is 8.50.